The van der Waals surface area contributed by atoms with E-state index in [0.717, 1.165) is 0 Å². The number of carbonyl (C=O) groups excluding carboxylic acids is 2. The minimum absolute atomic E-state index is 0.233. The van der Waals surface area contributed by atoms with Crippen molar-refractivity contribution in [3.8, 4) is 11.5 Å². The maximum atomic E-state index is 11.5. The third-order valence-electron chi connectivity index (χ3n) is 2.60. The van der Waals surface area contributed by atoms with Crippen LogP contribution in [0, 0.1) is 0 Å². The maximum absolute atomic E-state index is 11.5. The van der Waals surface area contributed by atoms with Gasteiger partial charge >= 0.3 is 11.9 Å². The molecule has 0 unspecified atom stereocenters. The number of carbonyl (C=O) groups is 2. The van der Waals surface area contributed by atoms with Gasteiger partial charge in [-0.1, -0.05) is 0 Å². The molecular formula is C14H14O6S2. The lowest BCUT2D eigenvalue weighted by molar-refractivity contribution is 0.0589. The summed E-state index contributed by atoms with van der Waals surface area (Å²) >= 11 is 2.49. The Morgan fingerprint density at radius 3 is 1.64 bits per heavy atom. The third-order valence-corrected chi connectivity index (χ3v) is 4.35. The molecule has 8 heteroatoms. The number of thiophene rings is 2. The number of hydrogen-bond donors (Lipinski definition) is 0. The molecule has 0 atom stereocenters. The molecule has 6 nitrogen and oxygen atoms in total. The van der Waals surface area contributed by atoms with Crippen LogP contribution in [0.2, 0.25) is 0 Å². The number of hydrogen-bond acceptors (Lipinski definition) is 8. The normalized spacial score (nSPS) is 10.1. The molecule has 0 aliphatic heterocycles. The Bertz CT molecular complexity index is 589. The molecule has 0 bridgehead atoms. The molecule has 2 heterocycles. The summed E-state index contributed by atoms with van der Waals surface area (Å²) in [4.78, 5) is 23.8. The Labute approximate surface area is 135 Å². The molecule has 22 heavy (non-hydrogen) atoms. The molecule has 0 saturated heterocycles. The first-order valence-electron chi connectivity index (χ1n) is 6.24. The van der Waals surface area contributed by atoms with Crippen molar-refractivity contribution in [2.75, 3.05) is 27.4 Å². The predicted molar refractivity (Wildman–Crippen MR) is 82.3 cm³/mol. The van der Waals surface area contributed by atoms with E-state index in [1.807, 2.05) is 0 Å². The fourth-order valence-electron chi connectivity index (χ4n) is 1.61. The van der Waals surface area contributed by atoms with E-state index in [1.165, 1.54) is 36.9 Å². The second-order valence-corrected chi connectivity index (χ2v) is 5.74. The first-order valence-corrected chi connectivity index (χ1v) is 8.00. The fraction of sp³-hybridized carbons (Fsp3) is 0.286. The second-order valence-electron chi connectivity index (χ2n) is 3.91. The van der Waals surface area contributed by atoms with Crippen LogP contribution in [0.1, 0.15) is 19.3 Å². The molecule has 0 saturated carbocycles. The zero-order chi connectivity index (χ0) is 15.9. The zero-order valence-electron chi connectivity index (χ0n) is 12.0. The molecule has 0 radical (unpaired) electrons. The molecule has 0 aliphatic carbocycles. The van der Waals surface area contributed by atoms with Gasteiger partial charge < -0.3 is 18.9 Å². The molecule has 0 aromatic carbocycles. The fourth-order valence-corrected chi connectivity index (χ4v) is 3.11. The first kappa shape index (κ1) is 16.3. The van der Waals surface area contributed by atoms with Gasteiger partial charge in [-0.2, -0.15) is 0 Å². The van der Waals surface area contributed by atoms with Gasteiger partial charge in [0.2, 0.25) is 0 Å². The van der Waals surface area contributed by atoms with Crippen LogP contribution in [-0.2, 0) is 9.47 Å². The van der Waals surface area contributed by atoms with Gasteiger partial charge in [0.05, 0.1) is 14.2 Å². The molecule has 0 aliphatic rings. The summed E-state index contributed by atoms with van der Waals surface area (Å²) in [7, 11) is 2.64. The van der Waals surface area contributed by atoms with E-state index in [-0.39, 0.29) is 13.2 Å². The van der Waals surface area contributed by atoms with Crippen molar-refractivity contribution in [3.05, 3.63) is 32.6 Å². The first-order chi connectivity index (χ1) is 10.7. The van der Waals surface area contributed by atoms with E-state index in [2.05, 4.69) is 9.47 Å². The van der Waals surface area contributed by atoms with Gasteiger partial charge in [0.1, 0.15) is 24.7 Å². The summed E-state index contributed by atoms with van der Waals surface area (Å²) < 4.78 is 20.3. The van der Waals surface area contributed by atoms with E-state index in [0.29, 0.717) is 21.3 Å². The smallest absolute Gasteiger partial charge is 0.351 e. The largest absolute Gasteiger partial charge is 0.488 e. The van der Waals surface area contributed by atoms with Gasteiger partial charge in [-0.05, 0) is 22.9 Å². The number of methoxy groups -OCH3 is 2. The number of esters is 2. The SMILES string of the molecule is COC(=O)c1sccc1OCCOc1ccsc1C(=O)OC. The maximum Gasteiger partial charge on any atom is 0.351 e. The summed E-state index contributed by atoms with van der Waals surface area (Å²) in [5, 5.41) is 3.49. The molecule has 0 fully saturated rings. The topological polar surface area (TPSA) is 71.1 Å². The third kappa shape index (κ3) is 3.77. The van der Waals surface area contributed by atoms with Gasteiger partial charge in [-0.3, -0.25) is 0 Å². The lowest BCUT2D eigenvalue weighted by Gasteiger charge is -2.08. The molecular weight excluding hydrogens is 328 g/mol. The lowest BCUT2D eigenvalue weighted by Crippen LogP contribution is -2.11. The van der Waals surface area contributed by atoms with Gasteiger partial charge in [-0.15, -0.1) is 22.7 Å². The predicted octanol–water partition coefficient (Wildman–Crippen LogP) is 2.84. The van der Waals surface area contributed by atoms with Crippen molar-refractivity contribution in [3.63, 3.8) is 0 Å². The standard InChI is InChI=1S/C14H14O6S2/c1-17-13(15)11-9(3-7-21-11)19-5-6-20-10-4-8-22-12(10)14(16)18-2/h3-4,7-8H,5-6H2,1-2H3. The highest BCUT2D eigenvalue weighted by atomic mass is 32.1. The monoisotopic (exact) mass is 342 g/mol. The molecule has 118 valence electrons. The minimum atomic E-state index is -0.434. The quantitative estimate of drug-likeness (QED) is 0.569. The lowest BCUT2D eigenvalue weighted by atomic mass is 10.4. The minimum Gasteiger partial charge on any atom is -0.488 e. The van der Waals surface area contributed by atoms with Crippen LogP contribution in [0.4, 0.5) is 0 Å². The Balaban J connectivity index is 1.86. The van der Waals surface area contributed by atoms with Gasteiger partial charge in [0.15, 0.2) is 9.75 Å². The van der Waals surface area contributed by atoms with Crippen LogP contribution in [0.5, 0.6) is 11.5 Å². The van der Waals surface area contributed by atoms with Crippen LogP contribution in [0.15, 0.2) is 22.9 Å². The van der Waals surface area contributed by atoms with Crippen LogP contribution in [0.25, 0.3) is 0 Å². The van der Waals surface area contributed by atoms with Crippen molar-refractivity contribution in [2.24, 2.45) is 0 Å². The van der Waals surface area contributed by atoms with E-state index in [4.69, 9.17) is 9.47 Å². The van der Waals surface area contributed by atoms with E-state index >= 15 is 0 Å². The van der Waals surface area contributed by atoms with E-state index < -0.39 is 11.9 Å². The molecule has 0 amide bonds. The number of ether oxygens (including phenoxy) is 4. The molecule has 2 aromatic rings. The Morgan fingerprint density at radius 1 is 0.864 bits per heavy atom. The summed E-state index contributed by atoms with van der Waals surface area (Å²) in [6.45, 7) is 0.467. The average molecular weight is 342 g/mol. The Hall–Kier alpha value is -2.06. The molecule has 2 aromatic heterocycles. The van der Waals surface area contributed by atoms with Gasteiger partial charge in [-0.25, -0.2) is 9.59 Å². The van der Waals surface area contributed by atoms with Crippen molar-refractivity contribution in [1.29, 1.82) is 0 Å². The highest BCUT2D eigenvalue weighted by molar-refractivity contribution is 7.12. The van der Waals surface area contributed by atoms with Crippen molar-refractivity contribution < 1.29 is 28.5 Å². The Kier molecular flexibility index (Phi) is 5.79. The van der Waals surface area contributed by atoms with Gasteiger partial charge in [0, 0.05) is 0 Å². The van der Waals surface area contributed by atoms with Crippen molar-refractivity contribution >= 4 is 34.6 Å². The number of rotatable bonds is 7. The highest BCUT2D eigenvalue weighted by Crippen LogP contribution is 2.27. The highest BCUT2D eigenvalue weighted by Gasteiger charge is 2.16. The van der Waals surface area contributed by atoms with Crippen LogP contribution < -0.4 is 9.47 Å². The van der Waals surface area contributed by atoms with Crippen LogP contribution in [0.3, 0.4) is 0 Å². The zero-order valence-corrected chi connectivity index (χ0v) is 13.6. The molecule has 2 rings (SSSR count). The Morgan fingerprint density at radius 2 is 1.27 bits per heavy atom. The van der Waals surface area contributed by atoms with Crippen LogP contribution in [-0.4, -0.2) is 39.4 Å². The average Bonchev–Trinajstić information content (AvgIpc) is 3.19. The van der Waals surface area contributed by atoms with E-state index in [9.17, 15) is 9.59 Å². The van der Waals surface area contributed by atoms with Gasteiger partial charge in [0.25, 0.3) is 0 Å². The summed E-state index contributed by atoms with van der Waals surface area (Å²) in [6.07, 6.45) is 0. The summed E-state index contributed by atoms with van der Waals surface area (Å²) in [5.41, 5.74) is 0. The van der Waals surface area contributed by atoms with Crippen molar-refractivity contribution in [2.45, 2.75) is 0 Å². The molecule has 0 spiro atoms. The molecule has 0 N–H and O–H groups in total. The second kappa shape index (κ2) is 7.81. The summed E-state index contributed by atoms with van der Waals surface area (Å²) in [6, 6.07) is 3.39. The van der Waals surface area contributed by atoms with Crippen LogP contribution >= 0.6 is 22.7 Å². The van der Waals surface area contributed by atoms with Crippen molar-refractivity contribution in [1.82, 2.24) is 0 Å². The van der Waals surface area contributed by atoms with E-state index in [1.54, 1.807) is 22.9 Å². The summed E-state index contributed by atoms with van der Waals surface area (Å²) in [5.74, 6) is 0.0476.